The number of ketones is 1. The summed E-state index contributed by atoms with van der Waals surface area (Å²) in [5.74, 6) is -1.97. The number of carbonyl (C=O) groups is 3. The predicted molar refractivity (Wildman–Crippen MR) is 80.6 cm³/mol. The molecule has 120 valence electrons. The molecule has 0 spiro atoms. The number of Topliss-reactive ketones (excluding diaryl/α,β-unsaturated/α-hetero) is 1. The molecule has 0 aliphatic heterocycles. The molecule has 0 saturated heterocycles. The zero-order valence-corrected chi connectivity index (χ0v) is 13.0. The van der Waals surface area contributed by atoms with Gasteiger partial charge >= 0.3 is 12.1 Å². The van der Waals surface area contributed by atoms with Crippen LogP contribution in [-0.2, 0) is 20.7 Å². The van der Waals surface area contributed by atoms with Crippen LogP contribution in [0.5, 0.6) is 0 Å². The van der Waals surface area contributed by atoms with Crippen LogP contribution in [0.4, 0.5) is 4.79 Å². The monoisotopic (exact) mass is 307 g/mol. The Morgan fingerprint density at radius 3 is 2.27 bits per heavy atom. The summed E-state index contributed by atoms with van der Waals surface area (Å²) in [5.41, 5.74) is 0.164. The number of aliphatic carboxylic acids is 1. The van der Waals surface area contributed by atoms with Crippen molar-refractivity contribution in [1.29, 1.82) is 0 Å². The highest BCUT2D eigenvalue weighted by atomic mass is 16.6. The van der Waals surface area contributed by atoms with Gasteiger partial charge in [-0.15, -0.1) is 0 Å². The molecule has 6 nitrogen and oxygen atoms in total. The summed E-state index contributed by atoms with van der Waals surface area (Å²) in [7, 11) is 0. The van der Waals surface area contributed by atoms with Gasteiger partial charge in [-0.05, 0) is 32.8 Å². The average molecular weight is 307 g/mol. The molecular formula is C16H21NO5. The number of hydrogen-bond acceptors (Lipinski definition) is 4. The zero-order chi connectivity index (χ0) is 16.8. The quantitative estimate of drug-likeness (QED) is 0.786. The molecule has 0 fully saturated rings. The summed E-state index contributed by atoms with van der Waals surface area (Å²) in [4.78, 5) is 34.8. The van der Waals surface area contributed by atoms with E-state index in [1.54, 1.807) is 20.8 Å². The van der Waals surface area contributed by atoms with E-state index in [2.05, 4.69) is 5.32 Å². The third-order valence-corrected chi connectivity index (χ3v) is 2.73. The number of nitrogens with one attached hydrogen (secondary N) is 1. The van der Waals surface area contributed by atoms with E-state index in [0.717, 1.165) is 5.56 Å². The Kier molecular flexibility index (Phi) is 6.10. The second-order valence-electron chi connectivity index (χ2n) is 5.87. The molecule has 0 saturated carbocycles. The van der Waals surface area contributed by atoms with Gasteiger partial charge in [-0.1, -0.05) is 30.3 Å². The van der Waals surface area contributed by atoms with Gasteiger partial charge in [0.15, 0.2) is 11.8 Å². The summed E-state index contributed by atoms with van der Waals surface area (Å²) in [6.07, 6.45) is -0.482. The number of carboxylic acids is 1. The molecule has 1 rings (SSSR count). The molecule has 1 atom stereocenters. The van der Waals surface area contributed by atoms with Crippen LogP contribution >= 0.6 is 0 Å². The van der Waals surface area contributed by atoms with E-state index in [4.69, 9.17) is 9.84 Å². The fourth-order valence-electron chi connectivity index (χ4n) is 1.76. The molecule has 2 N–H and O–H groups in total. The van der Waals surface area contributed by atoms with Gasteiger partial charge in [0.05, 0.1) is 0 Å². The number of aryl methyl sites for hydroxylation is 1. The van der Waals surface area contributed by atoms with Crippen LogP contribution < -0.4 is 5.32 Å². The minimum absolute atomic E-state index is 0.0246. The van der Waals surface area contributed by atoms with Gasteiger partial charge in [-0.2, -0.15) is 0 Å². The van der Waals surface area contributed by atoms with Crippen molar-refractivity contribution in [2.24, 2.45) is 0 Å². The molecule has 22 heavy (non-hydrogen) atoms. The molecule has 1 aromatic carbocycles. The standard InChI is InChI=1S/C16H21NO5/c1-16(2,3)22-15(21)17-13(14(19)20)12(18)10-9-11-7-5-4-6-8-11/h4-8,13H,9-10H2,1-3H3,(H,17,21)(H,19,20). The molecule has 0 aliphatic carbocycles. The lowest BCUT2D eigenvalue weighted by Crippen LogP contribution is -2.48. The van der Waals surface area contributed by atoms with Crippen LogP contribution in [0.15, 0.2) is 30.3 Å². The number of benzene rings is 1. The van der Waals surface area contributed by atoms with Crippen LogP contribution in [0, 0.1) is 0 Å². The summed E-state index contributed by atoms with van der Waals surface area (Å²) in [5, 5.41) is 11.2. The summed E-state index contributed by atoms with van der Waals surface area (Å²) in [6.45, 7) is 4.96. The van der Waals surface area contributed by atoms with Gasteiger partial charge in [0.25, 0.3) is 0 Å². The number of hydrogen-bond donors (Lipinski definition) is 2. The van der Waals surface area contributed by atoms with Gasteiger partial charge in [0.1, 0.15) is 5.60 Å². The first-order valence-electron chi connectivity index (χ1n) is 6.98. The molecular weight excluding hydrogens is 286 g/mol. The Balaban J connectivity index is 2.60. The van der Waals surface area contributed by atoms with Crippen LogP contribution in [0.25, 0.3) is 0 Å². The Hall–Kier alpha value is -2.37. The lowest BCUT2D eigenvalue weighted by Gasteiger charge is -2.21. The highest BCUT2D eigenvalue weighted by Crippen LogP contribution is 2.08. The van der Waals surface area contributed by atoms with Crippen molar-refractivity contribution in [2.45, 2.75) is 45.3 Å². The Morgan fingerprint density at radius 1 is 1.18 bits per heavy atom. The fourth-order valence-corrected chi connectivity index (χ4v) is 1.76. The summed E-state index contributed by atoms with van der Waals surface area (Å²) >= 11 is 0. The third-order valence-electron chi connectivity index (χ3n) is 2.73. The van der Waals surface area contributed by atoms with Crippen LogP contribution in [0.1, 0.15) is 32.8 Å². The third kappa shape index (κ3) is 6.39. The molecule has 6 heteroatoms. The van der Waals surface area contributed by atoms with Gasteiger partial charge in [-0.25, -0.2) is 9.59 Å². The van der Waals surface area contributed by atoms with Gasteiger partial charge < -0.3 is 15.2 Å². The van der Waals surface area contributed by atoms with Crippen LogP contribution in [0.2, 0.25) is 0 Å². The molecule has 0 heterocycles. The van der Waals surface area contributed by atoms with E-state index in [-0.39, 0.29) is 6.42 Å². The smallest absolute Gasteiger partial charge is 0.408 e. The predicted octanol–water partition coefficient (Wildman–Crippen LogP) is 2.17. The van der Waals surface area contributed by atoms with E-state index >= 15 is 0 Å². The molecule has 0 aromatic heterocycles. The summed E-state index contributed by atoms with van der Waals surface area (Å²) < 4.78 is 4.97. The maximum absolute atomic E-state index is 12.0. The highest BCUT2D eigenvalue weighted by molar-refractivity contribution is 6.04. The van der Waals surface area contributed by atoms with Crippen molar-refractivity contribution in [1.82, 2.24) is 5.32 Å². The minimum Gasteiger partial charge on any atom is -0.479 e. The number of alkyl carbamates (subject to hydrolysis) is 1. The van der Waals surface area contributed by atoms with Gasteiger partial charge in [0, 0.05) is 6.42 Å². The van der Waals surface area contributed by atoms with Crippen molar-refractivity contribution in [3.8, 4) is 0 Å². The largest absolute Gasteiger partial charge is 0.479 e. The number of ether oxygens (including phenoxy) is 1. The van der Waals surface area contributed by atoms with Crippen LogP contribution in [-0.4, -0.2) is 34.6 Å². The van der Waals surface area contributed by atoms with Crippen molar-refractivity contribution >= 4 is 17.8 Å². The minimum atomic E-state index is -1.60. The number of amides is 1. The van der Waals surface area contributed by atoms with Crippen molar-refractivity contribution in [2.75, 3.05) is 0 Å². The van der Waals surface area contributed by atoms with Crippen LogP contribution in [0.3, 0.4) is 0 Å². The molecule has 1 aromatic rings. The fraction of sp³-hybridized carbons (Fsp3) is 0.438. The molecule has 0 bridgehead atoms. The van der Waals surface area contributed by atoms with Gasteiger partial charge in [-0.3, -0.25) is 4.79 Å². The Morgan fingerprint density at radius 2 is 1.77 bits per heavy atom. The maximum Gasteiger partial charge on any atom is 0.408 e. The topological polar surface area (TPSA) is 92.7 Å². The highest BCUT2D eigenvalue weighted by Gasteiger charge is 2.29. The number of rotatable bonds is 6. The van der Waals surface area contributed by atoms with E-state index in [9.17, 15) is 14.4 Å². The van der Waals surface area contributed by atoms with E-state index in [0.29, 0.717) is 6.42 Å². The lowest BCUT2D eigenvalue weighted by molar-refractivity contribution is -0.143. The second-order valence-corrected chi connectivity index (χ2v) is 5.87. The van der Waals surface area contributed by atoms with E-state index in [1.165, 1.54) is 0 Å². The van der Waals surface area contributed by atoms with E-state index < -0.39 is 29.5 Å². The first kappa shape index (κ1) is 17.7. The maximum atomic E-state index is 12.0. The lowest BCUT2D eigenvalue weighted by atomic mass is 10.0. The normalized spacial score (nSPS) is 12.3. The van der Waals surface area contributed by atoms with Crippen molar-refractivity contribution in [3.63, 3.8) is 0 Å². The second kappa shape index (κ2) is 7.59. The zero-order valence-electron chi connectivity index (χ0n) is 13.0. The molecule has 1 unspecified atom stereocenters. The van der Waals surface area contributed by atoms with Crippen molar-refractivity contribution < 1.29 is 24.2 Å². The average Bonchev–Trinajstić information content (AvgIpc) is 2.41. The van der Waals surface area contributed by atoms with Gasteiger partial charge in [0.2, 0.25) is 0 Å². The first-order valence-corrected chi connectivity index (χ1v) is 6.98. The molecule has 0 radical (unpaired) electrons. The Labute approximate surface area is 129 Å². The molecule has 0 aliphatic rings. The molecule has 1 amide bonds. The number of carbonyl (C=O) groups excluding carboxylic acids is 2. The first-order chi connectivity index (χ1) is 10.2. The number of carboxylic acid groups (broad SMARTS) is 1. The summed E-state index contributed by atoms with van der Waals surface area (Å²) in [6, 6.07) is 7.64. The van der Waals surface area contributed by atoms with E-state index in [1.807, 2.05) is 30.3 Å². The SMILES string of the molecule is CC(C)(C)OC(=O)NC(C(=O)O)C(=O)CCc1ccccc1. The Bertz CT molecular complexity index is 533. The van der Waals surface area contributed by atoms with Crippen molar-refractivity contribution in [3.05, 3.63) is 35.9 Å².